The summed E-state index contributed by atoms with van der Waals surface area (Å²) in [4.78, 5) is 29.9. The zero-order chi connectivity index (χ0) is 26.5. The van der Waals surface area contributed by atoms with Crippen LogP contribution >= 0.6 is 0 Å². The van der Waals surface area contributed by atoms with Crippen molar-refractivity contribution in [2.75, 3.05) is 11.9 Å². The van der Waals surface area contributed by atoms with Gasteiger partial charge in [0, 0.05) is 29.7 Å². The van der Waals surface area contributed by atoms with Crippen molar-refractivity contribution in [2.45, 2.75) is 32.2 Å². The number of nitrogens with two attached hydrogens (primary N) is 1. The molecule has 0 saturated heterocycles. The number of hydrogen-bond donors (Lipinski definition) is 2. The Labute approximate surface area is 222 Å². The Morgan fingerprint density at radius 3 is 2.55 bits per heavy atom. The molecule has 1 aromatic heterocycles. The van der Waals surface area contributed by atoms with E-state index in [-0.39, 0.29) is 17.9 Å². The van der Waals surface area contributed by atoms with Gasteiger partial charge in [0.2, 0.25) is 0 Å². The number of rotatable bonds is 7. The van der Waals surface area contributed by atoms with Gasteiger partial charge in [-0.05, 0) is 96.3 Å². The van der Waals surface area contributed by atoms with Crippen LogP contribution in [0.1, 0.15) is 56.8 Å². The number of carbonyl (C=O) groups is 2. The van der Waals surface area contributed by atoms with Crippen LogP contribution in [0.5, 0.6) is 0 Å². The fraction of sp³-hybridized carbons (Fsp3) is 0.219. The first kappa shape index (κ1) is 25.4. The molecule has 0 aliphatic heterocycles. The third-order valence-corrected chi connectivity index (χ3v) is 7.05. The summed E-state index contributed by atoms with van der Waals surface area (Å²) in [6.07, 6.45) is 6.20. The van der Waals surface area contributed by atoms with Gasteiger partial charge in [-0.1, -0.05) is 42.5 Å². The highest BCUT2D eigenvalue weighted by Crippen LogP contribution is 2.30. The molecule has 3 N–H and O–H groups in total. The second-order valence-electron chi connectivity index (χ2n) is 9.84. The van der Waals surface area contributed by atoms with Gasteiger partial charge in [-0.3, -0.25) is 9.78 Å². The van der Waals surface area contributed by atoms with E-state index in [1.54, 1.807) is 36.7 Å². The maximum atomic E-state index is 13.0. The normalized spacial score (nSPS) is 15.3. The van der Waals surface area contributed by atoms with Crippen molar-refractivity contribution in [3.05, 3.63) is 119 Å². The van der Waals surface area contributed by atoms with Crippen LogP contribution in [0.2, 0.25) is 0 Å². The van der Waals surface area contributed by atoms with Crippen LogP contribution in [-0.2, 0) is 17.6 Å². The minimum atomic E-state index is -0.348. The van der Waals surface area contributed by atoms with Gasteiger partial charge in [-0.15, -0.1) is 0 Å². The molecule has 1 aliphatic rings. The molecule has 0 saturated carbocycles. The van der Waals surface area contributed by atoms with Crippen LogP contribution in [-0.4, -0.2) is 23.5 Å². The molecular weight excluding hydrogens is 474 g/mol. The topological polar surface area (TPSA) is 94.3 Å². The van der Waals surface area contributed by atoms with E-state index < -0.39 is 0 Å². The minimum absolute atomic E-state index is 0.238. The average Bonchev–Trinajstić information content (AvgIpc) is 2.96. The molecule has 1 amide bonds. The predicted octanol–water partition coefficient (Wildman–Crippen LogP) is 5.98. The number of nitrogens with one attached hydrogen (secondary N) is 1. The highest BCUT2D eigenvalue weighted by molar-refractivity contribution is 6.05. The maximum Gasteiger partial charge on any atom is 0.338 e. The molecule has 6 heteroatoms. The second-order valence-corrected chi connectivity index (χ2v) is 9.84. The predicted molar refractivity (Wildman–Crippen MR) is 149 cm³/mol. The summed E-state index contributed by atoms with van der Waals surface area (Å²) in [5.41, 5.74) is 13.1. The first-order valence-electron chi connectivity index (χ1n) is 12.9. The molecule has 38 heavy (non-hydrogen) atoms. The highest BCUT2D eigenvalue weighted by Gasteiger charge is 2.21. The number of carbonyl (C=O) groups excluding carboxylic acids is 2. The molecular formula is C32H31N3O3. The van der Waals surface area contributed by atoms with E-state index in [2.05, 4.69) is 34.6 Å². The molecule has 192 valence electrons. The summed E-state index contributed by atoms with van der Waals surface area (Å²) >= 11 is 0. The van der Waals surface area contributed by atoms with Gasteiger partial charge in [0.1, 0.15) is 0 Å². The van der Waals surface area contributed by atoms with Crippen LogP contribution in [0, 0.1) is 5.92 Å². The number of nitrogens with zero attached hydrogens (tertiary/aromatic N) is 1. The molecule has 1 heterocycles. The van der Waals surface area contributed by atoms with Crippen molar-refractivity contribution in [3.8, 4) is 11.1 Å². The van der Waals surface area contributed by atoms with Gasteiger partial charge < -0.3 is 15.8 Å². The summed E-state index contributed by atoms with van der Waals surface area (Å²) in [7, 11) is 0. The fourth-order valence-corrected chi connectivity index (χ4v) is 4.99. The van der Waals surface area contributed by atoms with E-state index in [4.69, 9.17) is 10.5 Å². The van der Waals surface area contributed by atoms with Gasteiger partial charge in [0.05, 0.1) is 12.2 Å². The lowest BCUT2D eigenvalue weighted by atomic mass is 9.84. The van der Waals surface area contributed by atoms with Crippen molar-refractivity contribution < 1.29 is 14.3 Å². The quantitative estimate of drug-likeness (QED) is 0.301. The molecule has 4 aromatic rings. The summed E-state index contributed by atoms with van der Waals surface area (Å²) in [5, 5.41) is 2.89. The lowest BCUT2D eigenvalue weighted by Gasteiger charge is -2.24. The molecule has 2 atom stereocenters. The Hall–Kier alpha value is -4.29. The maximum absolute atomic E-state index is 13.0. The van der Waals surface area contributed by atoms with Crippen LogP contribution in [0.3, 0.4) is 0 Å². The molecule has 2 unspecified atom stereocenters. The van der Waals surface area contributed by atoms with E-state index >= 15 is 0 Å². The number of esters is 1. The first-order chi connectivity index (χ1) is 18.5. The Morgan fingerprint density at radius 2 is 1.76 bits per heavy atom. The molecule has 0 bridgehead atoms. The molecule has 0 fully saturated rings. The lowest BCUT2D eigenvalue weighted by molar-refractivity contribution is 0.0428. The largest absolute Gasteiger partial charge is 0.462 e. The Bertz CT molecular complexity index is 1450. The Balaban J connectivity index is 1.33. The van der Waals surface area contributed by atoms with Crippen molar-refractivity contribution in [1.82, 2.24) is 4.98 Å². The van der Waals surface area contributed by atoms with Crippen LogP contribution < -0.4 is 11.1 Å². The number of anilines is 1. The number of aromatic nitrogens is 1. The van der Waals surface area contributed by atoms with Crippen molar-refractivity contribution in [1.29, 1.82) is 0 Å². The monoisotopic (exact) mass is 505 g/mol. The van der Waals surface area contributed by atoms with E-state index in [0.29, 0.717) is 29.3 Å². The average molecular weight is 506 g/mol. The van der Waals surface area contributed by atoms with Gasteiger partial charge in [0.15, 0.2) is 0 Å². The van der Waals surface area contributed by atoms with E-state index in [1.165, 1.54) is 11.1 Å². The zero-order valence-corrected chi connectivity index (χ0v) is 21.4. The van der Waals surface area contributed by atoms with Gasteiger partial charge >= 0.3 is 5.97 Å². The number of hydrogen-bond acceptors (Lipinski definition) is 5. The highest BCUT2D eigenvalue weighted by atomic mass is 16.5. The molecule has 1 aliphatic carbocycles. The molecule has 6 nitrogen and oxygen atoms in total. The van der Waals surface area contributed by atoms with E-state index in [1.807, 2.05) is 37.3 Å². The molecule has 5 rings (SSSR count). The van der Waals surface area contributed by atoms with E-state index in [9.17, 15) is 9.59 Å². The van der Waals surface area contributed by atoms with E-state index in [0.717, 1.165) is 36.0 Å². The van der Waals surface area contributed by atoms with Crippen LogP contribution in [0.4, 0.5) is 5.69 Å². The standard InChI is InChI=1S/C32H31N3O3/c1-21(33)29-12-11-26(31(36)35-28-13-15-34-16-14-28)19-30(29)25-7-4-8-27(18-25)32(37)38-20-22-9-10-23-5-2-3-6-24(23)17-22/h2-8,11-16,18-19,21-22H,9-10,17,20,33H2,1H3,(H,34,35,36). The van der Waals surface area contributed by atoms with Gasteiger partial charge in [-0.2, -0.15) is 0 Å². The molecule has 0 radical (unpaired) electrons. The summed E-state index contributed by atoms with van der Waals surface area (Å²) in [6, 6.07) is 24.4. The fourth-order valence-electron chi connectivity index (χ4n) is 4.99. The Morgan fingerprint density at radius 1 is 0.974 bits per heavy atom. The third kappa shape index (κ3) is 5.82. The van der Waals surface area contributed by atoms with Crippen molar-refractivity contribution in [2.24, 2.45) is 11.7 Å². The molecule has 0 spiro atoms. The summed E-state index contributed by atoms with van der Waals surface area (Å²) in [6.45, 7) is 2.29. The first-order valence-corrected chi connectivity index (χ1v) is 12.9. The smallest absolute Gasteiger partial charge is 0.338 e. The number of amides is 1. The Kier molecular flexibility index (Phi) is 7.61. The van der Waals surface area contributed by atoms with Crippen LogP contribution in [0.25, 0.3) is 11.1 Å². The van der Waals surface area contributed by atoms with Gasteiger partial charge in [0.25, 0.3) is 5.91 Å². The number of aryl methyl sites for hydroxylation is 1. The van der Waals surface area contributed by atoms with Gasteiger partial charge in [-0.25, -0.2) is 4.79 Å². The minimum Gasteiger partial charge on any atom is -0.462 e. The summed E-state index contributed by atoms with van der Waals surface area (Å²) < 4.78 is 5.75. The molecule has 3 aromatic carbocycles. The zero-order valence-electron chi connectivity index (χ0n) is 21.4. The number of benzene rings is 3. The SMILES string of the molecule is CC(N)c1ccc(C(=O)Nc2ccncc2)cc1-c1cccc(C(=O)OCC2CCc3ccccc3C2)c1. The number of ether oxygens (including phenoxy) is 1. The van der Waals surface area contributed by atoms with Crippen molar-refractivity contribution >= 4 is 17.6 Å². The number of pyridine rings is 1. The summed E-state index contributed by atoms with van der Waals surface area (Å²) in [5.74, 6) is -0.268. The van der Waals surface area contributed by atoms with Crippen LogP contribution in [0.15, 0.2) is 91.3 Å². The second kappa shape index (κ2) is 11.4. The lowest BCUT2D eigenvalue weighted by Crippen LogP contribution is -2.21. The third-order valence-electron chi connectivity index (χ3n) is 7.05. The number of fused-ring (bicyclic) bond motifs is 1. The van der Waals surface area contributed by atoms with Crippen molar-refractivity contribution in [3.63, 3.8) is 0 Å².